The molecule has 0 spiro atoms. The summed E-state index contributed by atoms with van der Waals surface area (Å²) in [5.41, 5.74) is 2.64. The van der Waals surface area contributed by atoms with E-state index < -0.39 is 0 Å². The van der Waals surface area contributed by atoms with Gasteiger partial charge in [-0.3, -0.25) is 9.69 Å². The zero-order valence-corrected chi connectivity index (χ0v) is 10.3. The summed E-state index contributed by atoms with van der Waals surface area (Å²) in [5.74, 6) is 0.412. The van der Waals surface area contributed by atoms with E-state index in [4.69, 9.17) is 0 Å². The molecule has 0 radical (unpaired) electrons. The van der Waals surface area contributed by atoms with Crippen LogP contribution in [0.15, 0.2) is 30.3 Å². The maximum Gasteiger partial charge on any atom is 0.136 e. The molecule has 1 unspecified atom stereocenters. The second kappa shape index (κ2) is 3.69. The van der Waals surface area contributed by atoms with Crippen molar-refractivity contribution in [3.05, 3.63) is 36.0 Å². The zero-order valence-electron chi connectivity index (χ0n) is 10.3. The molecule has 1 aromatic carbocycles. The lowest BCUT2D eigenvalue weighted by Gasteiger charge is -2.39. The number of hydrogen-bond donors (Lipinski definition) is 0. The summed E-state index contributed by atoms with van der Waals surface area (Å²) >= 11 is 0. The number of aromatic nitrogens is 1. The summed E-state index contributed by atoms with van der Waals surface area (Å²) < 4.78 is 2.40. The molecule has 1 saturated heterocycles. The Balaban J connectivity index is 1.88. The molecular formula is C15H16N2O. The maximum atomic E-state index is 11.7. The van der Waals surface area contributed by atoms with Gasteiger partial charge in [0.15, 0.2) is 0 Å². The highest BCUT2D eigenvalue weighted by Gasteiger charge is 2.33. The molecule has 1 atom stereocenters. The minimum atomic E-state index is 0.312. The minimum Gasteiger partial charge on any atom is -0.342 e. The van der Waals surface area contributed by atoms with Crippen LogP contribution in [-0.4, -0.2) is 28.3 Å². The first-order chi connectivity index (χ1) is 8.83. The molecule has 3 heterocycles. The molecule has 3 heteroatoms. The highest BCUT2D eigenvalue weighted by atomic mass is 16.1. The fourth-order valence-corrected chi connectivity index (χ4v) is 3.42. The number of ketones is 1. The van der Waals surface area contributed by atoms with Crippen LogP contribution < -0.4 is 0 Å². The molecule has 18 heavy (non-hydrogen) atoms. The smallest absolute Gasteiger partial charge is 0.136 e. The predicted octanol–water partition coefficient (Wildman–Crippen LogP) is 2.36. The number of fused-ring (bicyclic) bond motifs is 5. The third-order valence-corrected chi connectivity index (χ3v) is 4.33. The predicted molar refractivity (Wildman–Crippen MR) is 70.5 cm³/mol. The van der Waals surface area contributed by atoms with Gasteiger partial charge in [-0.2, -0.15) is 0 Å². The van der Waals surface area contributed by atoms with Crippen LogP contribution in [0.5, 0.6) is 0 Å². The fraction of sp³-hybridized carbons (Fsp3) is 0.400. The average Bonchev–Trinajstić information content (AvgIpc) is 2.78. The Bertz CT molecular complexity index is 628. The van der Waals surface area contributed by atoms with Crippen molar-refractivity contribution in [1.82, 2.24) is 9.47 Å². The lowest BCUT2D eigenvalue weighted by Crippen LogP contribution is -2.43. The van der Waals surface area contributed by atoms with Crippen LogP contribution in [0.25, 0.3) is 10.9 Å². The van der Waals surface area contributed by atoms with Crippen LogP contribution in [0.4, 0.5) is 0 Å². The molecule has 2 aliphatic heterocycles. The van der Waals surface area contributed by atoms with Gasteiger partial charge in [0.05, 0.1) is 6.04 Å². The van der Waals surface area contributed by atoms with E-state index in [0.29, 0.717) is 18.2 Å². The standard InChI is InChI=1S/C15H16N2O/c18-12-5-6-16-7-8-17-13-4-2-1-3-11(13)9-15(17)14(16)10-12/h1-4,9,14H,5-8,10H2. The van der Waals surface area contributed by atoms with Gasteiger partial charge in [0.1, 0.15) is 5.78 Å². The van der Waals surface area contributed by atoms with E-state index in [1.807, 2.05) is 0 Å². The van der Waals surface area contributed by atoms with Gasteiger partial charge in [-0.25, -0.2) is 0 Å². The number of carbonyl (C=O) groups is 1. The van der Waals surface area contributed by atoms with Crippen molar-refractivity contribution in [1.29, 1.82) is 0 Å². The van der Waals surface area contributed by atoms with E-state index in [1.165, 1.54) is 16.6 Å². The van der Waals surface area contributed by atoms with Crippen molar-refractivity contribution in [2.45, 2.75) is 25.4 Å². The summed E-state index contributed by atoms with van der Waals surface area (Å²) in [5, 5.41) is 1.30. The molecule has 0 aliphatic carbocycles. The lowest BCUT2D eigenvalue weighted by atomic mass is 9.96. The summed E-state index contributed by atoms with van der Waals surface area (Å²) in [6.45, 7) is 3.06. The number of para-hydroxylation sites is 1. The van der Waals surface area contributed by atoms with E-state index in [9.17, 15) is 4.79 Å². The van der Waals surface area contributed by atoms with Gasteiger partial charge < -0.3 is 4.57 Å². The maximum absolute atomic E-state index is 11.7. The molecule has 0 amide bonds. The third kappa shape index (κ3) is 1.37. The number of piperidine rings is 1. The summed E-state index contributed by atoms with van der Waals surface area (Å²) in [4.78, 5) is 14.2. The highest BCUT2D eigenvalue weighted by Crippen LogP contribution is 2.36. The van der Waals surface area contributed by atoms with Gasteiger partial charge >= 0.3 is 0 Å². The number of hydrogen-bond acceptors (Lipinski definition) is 2. The number of carbonyl (C=O) groups excluding carboxylic acids is 1. The molecule has 2 aliphatic rings. The van der Waals surface area contributed by atoms with Gasteiger partial charge in [-0.05, 0) is 17.5 Å². The van der Waals surface area contributed by atoms with Crippen molar-refractivity contribution >= 4 is 16.7 Å². The Kier molecular flexibility index (Phi) is 2.12. The second-order valence-corrected chi connectivity index (χ2v) is 5.32. The monoisotopic (exact) mass is 240 g/mol. The van der Waals surface area contributed by atoms with Gasteiger partial charge in [0.2, 0.25) is 0 Å². The Morgan fingerprint density at radius 3 is 2.94 bits per heavy atom. The molecular weight excluding hydrogens is 224 g/mol. The van der Waals surface area contributed by atoms with Crippen molar-refractivity contribution in [2.24, 2.45) is 0 Å². The van der Waals surface area contributed by atoms with Crippen LogP contribution in [0.3, 0.4) is 0 Å². The first-order valence-electron chi connectivity index (χ1n) is 6.67. The van der Waals surface area contributed by atoms with Crippen molar-refractivity contribution < 1.29 is 4.79 Å². The largest absolute Gasteiger partial charge is 0.342 e. The SMILES string of the molecule is O=C1CCN2CCn3c(cc4ccccc43)C2C1. The summed E-state index contributed by atoms with van der Waals surface area (Å²) in [6.07, 6.45) is 1.42. The lowest BCUT2D eigenvalue weighted by molar-refractivity contribution is -0.123. The average molecular weight is 240 g/mol. The molecule has 3 nitrogen and oxygen atoms in total. The molecule has 1 aromatic heterocycles. The summed E-state index contributed by atoms with van der Waals surface area (Å²) in [6, 6.07) is 11.1. The third-order valence-electron chi connectivity index (χ3n) is 4.33. The zero-order chi connectivity index (χ0) is 12.1. The van der Waals surface area contributed by atoms with Gasteiger partial charge in [-0.15, -0.1) is 0 Å². The van der Waals surface area contributed by atoms with E-state index in [0.717, 1.165) is 26.1 Å². The number of rotatable bonds is 0. The van der Waals surface area contributed by atoms with Crippen LogP contribution in [-0.2, 0) is 11.3 Å². The van der Waals surface area contributed by atoms with Crippen LogP contribution in [0, 0.1) is 0 Å². The quantitative estimate of drug-likeness (QED) is 0.706. The highest BCUT2D eigenvalue weighted by molar-refractivity contribution is 5.83. The van der Waals surface area contributed by atoms with Gasteiger partial charge in [-0.1, -0.05) is 18.2 Å². The van der Waals surface area contributed by atoms with Gasteiger partial charge in [0, 0.05) is 43.7 Å². The first-order valence-corrected chi connectivity index (χ1v) is 6.67. The van der Waals surface area contributed by atoms with E-state index >= 15 is 0 Å². The van der Waals surface area contributed by atoms with Crippen molar-refractivity contribution in [3.8, 4) is 0 Å². The molecule has 92 valence electrons. The van der Waals surface area contributed by atoms with Crippen molar-refractivity contribution in [3.63, 3.8) is 0 Å². The molecule has 2 aromatic rings. The number of nitrogens with zero attached hydrogens (tertiary/aromatic N) is 2. The topological polar surface area (TPSA) is 25.2 Å². The molecule has 1 fully saturated rings. The molecule has 0 saturated carbocycles. The van der Waals surface area contributed by atoms with E-state index in [2.05, 4.69) is 39.8 Å². The Hall–Kier alpha value is -1.61. The van der Waals surface area contributed by atoms with Gasteiger partial charge in [0.25, 0.3) is 0 Å². The summed E-state index contributed by atoms with van der Waals surface area (Å²) in [7, 11) is 0. The van der Waals surface area contributed by atoms with Crippen molar-refractivity contribution in [2.75, 3.05) is 13.1 Å². The number of Topliss-reactive ketones (excluding diaryl/α,β-unsaturated/α-hetero) is 1. The normalized spacial score (nSPS) is 24.0. The minimum absolute atomic E-state index is 0.312. The van der Waals surface area contributed by atoms with E-state index in [-0.39, 0.29) is 0 Å². The molecule has 4 rings (SSSR count). The number of benzene rings is 1. The second-order valence-electron chi connectivity index (χ2n) is 5.32. The Morgan fingerprint density at radius 2 is 2.00 bits per heavy atom. The van der Waals surface area contributed by atoms with Crippen LogP contribution >= 0.6 is 0 Å². The Labute approximate surface area is 106 Å². The molecule has 0 N–H and O–H groups in total. The Morgan fingerprint density at radius 1 is 1.11 bits per heavy atom. The van der Waals surface area contributed by atoms with Crippen LogP contribution in [0.2, 0.25) is 0 Å². The first kappa shape index (κ1) is 10.3. The van der Waals surface area contributed by atoms with Crippen LogP contribution in [0.1, 0.15) is 24.6 Å². The van der Waals surface area contributed by atoms with E-state index in [1.54, 1.807) is 0 Å². The fourth-order valence-electron chi connectivity index (χ4n) is 3.42. The molecule has 0 bridgehead atoms.